The summed E-state index contributed by atoms with van der Waals surface area (Å²) >= 11 is 0. The fourth-order valence-electron chi connectivity index (χ4n) is 3.24. The van der Waals surface area contributed by atoms with E-state index in [-0.39, 0.29) is 0 Å². The van der Waals surface area contributed by atoms with Crippen molar-refractivity contribution in [3.63, 3.8) is 0 Å². The Balaban J connectivity index is 1.67. The first-order chi connectivity index (χ1) is 14.0. The Morgan fingerprint density at radius 3 is 2.69 bits per heavy atom. The van der Waals surface area contributed by atoms with Crippen LogP contribution < -0.4 is 10.5 Å². The highest BCUT2D eigenvalue weighted by Gasteiger charge is 2.11. The number of nitrogens with zero attached hydrogens (tertiary/aromatic N) is 2. The van der Waals surface area contributed by atoms with Gasteiger partial charge in [-0.3, -0.25) is 14.8 Å². The SMILES string of the molecule is CCc1cc(-c2cc(Oc3cc(F)c4ncccc4c3)ccn2)ccc1C(N)=O. The second-order valence-electron chi connectivity index (χ2n) is 6.55. The molecule has 0 spiro atoms. The van der Waals surface area contributed by atoms with Crippen LogP contribution in [-0.2, 0) is 6.42 Å². The van der Waals surface area contributed by atoms with Gasteiger partial charge >= 0.3 is 0 Å². The van der Waals surface area contributed by atoms with Crippen LogP contribution in [0.2, 0.25) is 0 Å². The van der Waals surface area contributed by atoms with Gasteiger partial charge < -0.3 is 10.5 Å². The van der Waals surface area contributed by atoms with Crippen molar-refractivity contribution in [1.82, 2.24) is 9.97 Å². The molecule has 0 atom stereocenters. The summed E-state index contributed by atoms with van der Waals surface area (Å²) in [7, 11) is 0. The molecule has 0 bridgehead atoms. The van der Waals surface area contributed by atoms with Crippen LogP contribution in [0.3, 0.4) is 0 Å². The Hall–Kier alpha value is -3.80. The van der Waals surface area contributed by atoms with Crippen LogP contribution in [0.1, 0.15) is 22.8 Å². The minimum atomic E-state index is -0.453. The smallest absolute Gasteiger partial charge is 0.248 e. The van der Waals surface area contributed by atoms with E-state index in [1.807, 2.05) is 13.0 Å². The van der Waals surface area contributed by atoms with E-state index in [1.54, 1.807) is 54.9 Å². The number of pyridine rings is 2. The summed E-state index contributed by atoms with van der Waals surface area (Å²) in [6.07, 6.45) is 3.85. The minimum absolute atomic E-state index is 0.303. The third-order valence-electron chi connectivity index (χ3n) is 4.65. The number of fused-ring (bicyclic) bond motifs is 1. The number of benzene rings is 2. The van der Waals surface area contributed by atoms with Crippen molar-refractivity contribution in [2.75, 3.05) is 0 Å². The number of aromatic nitrogens is 2. The molecule has 0 radical (unpaired) electrons. The highest BCUT2D eigenvalue weighted by Crippen LogP contribution is 2.29. The highest BCUT2D eigenvalue weighted by molar-refractivity contribution is 5.95. The Morgan fingerprint density at radius 2 is 1.90 bits per heavy atom. The number of ether oxygens (including phenoxy) is 1. The average Bonchev–Trinajstić information content (AvgIpc) is 2.73. The van der Waals surface area contributed by atoms with Gasteiger partial charge in [-0.05, 0) is 42.3 Å². The monoisotopic (exact) mass is 387 g/mol. The van der Waals surface area contributed by atoms with Crippen LogP contribution in [0, 0.1) is 5.82 Å². The fraction of sp³-hybridized carbons (Fsp3) is 0.0870. The predicted octanol–water partition coefficient (Wildman–Crippen LogP) is 4.89. The zero-order chi connectivity index (χ0) is 20.4. The number of hydrogen-bond acceptors (Lipinski definition) is 4. The predicted molar refractivity (Wildman–Crippen MR) is 109 cm³/mol. The van der Waals surface area contributed by atoms with Crippen LogP contribution in [0.25, 0.3) is 22.2 Å². The lowest BCUT2D eigenvalue weighted by Crippen LogP contribution is -2.13. The second-order valence-corrected chi connectivity index (χ2v) is 6.55. The number of carbonyl (C=O) groups is 1. The number of rotatable bonds is 5. The number of carbonyl (C=O) groups excluding carboxylic acids is 1. The molecule has 4 rings (SSSR count). The molecule has 0 fully saturated rings. The average molecular weight is 387 g/mol. The molecule has 0 saturated carbocycles. The van der Waals surface area contributed by atoms with E-state index >= 15 is 0 Å². The molecule has 144 valence electrons. The molecule has 0 aliphatic heterocycles. The van der Waals surface area contributed by atoms with E-state index in [4.69, 9.17) is 10.5 Å². The molecule has 0 aliphatic carbocycles. The maximum Gasteiger partial charge on any atom is 0.248 e. The lowest BCUT2D eigenvalue weighted by Gasteiger charge is -2.10. The van der Waals surface area contributed by atoms with Gasteiger partial charge in [-0.1, -0.05) is 19.1 Å². The molecule has 0 unspecified atom stereocenters. The maximum atomic E-state index is 14.3. The molecule has 5 nitrogen and oxygen atoms in total. The molecule has 1 amide bonds. The summed E-state index contributed by atoms with van der Waals surface area (Å²) in [6, 6.07) is 15.4. The van der Waals surface area contributed by atoms with Gasteiger partial charge in [0.2, 0.25) is 5.91 Å². The van der Waals surface area contributed by atoms with Crippen LogP contribution in [0.5, 0.6) is 11.5 Å². The van der Waals surface area contributed by atoms with E-state index in [0.717, 1.165) is 11.1 Å². The van der Waals surface area contributed by atoms with Crippen LogP contribution in [0.4, 0.5) is 4.39 Å². The van der Waals surface area contributed by atoms with E-state index in [2.05, 4.69) is 9.97 Å². The Bertz CT molecular complexity index is 1220. The highest BCUT2D eigenvalue weighted by atomic mass is 19.1. The molecule has 29 heavy (non-hydrogen) atoms. The van der Waals surface area contributed by atoms with Crippen LogP contribution in [0.15, 0.2) is 67.0 Å². The third-order valence-corrected chi connectivity index (χ3v) is 4.65. The largest absolute Gasteiger partial charge is 0.457 e. The van der Waals surface area contributed by atoms with E-state index < -0.39 is 11.7 Å². The number of amides is 1. The normalized spacial score (nSPS) is 10.8. The molecular formula is C23H18FN3O2. The Kier molecular flexibility index (Phi) is 4.91. The van der Waals surface area contributed by atoms with Crippen LogP contribution >= 0.6 is 0 Å². The molecule has 0 saturated heterocycles. The van der Waals surface area contributed by atoms with E-state index in [0.29, 0.717) is 40.1 Å². The van der Waals surface area contributed by atoms with Crippen molar-refractivity contribution in [2.24, 2.45) is 5.73 Å². The fourth-order valence-corrected chi connectivity index (χ4v) is 3.24. The molecule has 2 aromatic carbocycles. The van der Waals surface area contributed by atoms with Gasteiger partial charge in [0, 0.05) is 41.0 Å². The van der Waals surface area contributed by atoms with Gasteiger partial charge in [-0.25, -0.2) is 4.39 Å². The molecule has 4 aromatic rings. The second kappa shape index (κ2) is 7.67. The molecular weight excluding hydrogens is 369 g/mol. The first-order valence-electron chi connectivity index (χ1n) is 9.16. The molecule has 6 heteroatoms. The number of hydrogen-bond donors (Lipinski definition) is 1. The topological polar surface area (TPSA) is 78.1 Å². The standard InChI is InChI=1S/C23H18FN3O2/c1-2-14-10-15(5-6-19(14)23(25)28)21-13-17(7-9-26-21)29-18-11-16-4-3-8-27-22(16)20(24)12-18/h3-13H,2H2,1H3,(H2,25,28). The van der Waals surface area contributed by atoms with Crippen molar-refractivity contribution < 1.29 is 13.9 Å². The molecule has 2 N–H and O–H groups in total. The summed E-state index contributed by atoms with van der Waals surface area (Å²) in [5, 5.41) is 0.659. The minimum Gasteiger partial charge on any atom is -0.457 e. The number of primary amides is 1. The number of halogens is 1. The van der Waals surface area contributed by atoms with Gasteiger partial charge in [0.25, 0.3) is 0 Å². The lowest BCUT2D eigenvalue weighted by molar-refractivity contribution is 0.0999. The number of aryl methyl sites for hydroxylation is 1. The zero-order valence-electron chi connectivity index (χ0n) is 15.7. The lowest BCUT2D eigenvalue weighted by atomic mass is 9.99. The van der Waals surface area contributed by atoms with Gasteiger partial charge in [-0.2, -0.15) is 0 Å². The summed E-state index contributed by atoms with van der Waals surface area (Å²) in [5.41, 5.74) is 8.61. The van der Waals surface area contributed by atoms with E-state index in [1.165, 1.54) is 6.07 Å². The van der Waals surface area contributed by atoms with Crippen molar-refractivity contribution in [3.8, 4) is 22.8 Å². The van der Waals surface area contributed by atoms with Gasteiger partial charge in [0.15, 0.2) is 5.82 Å². The zero-order valence-corrected chi connectivity index (χ0v) is 15.7. The van der Waals surface area contributed by atoms with Gasteiger partial charge in [0.1, 0.15) is 17.0 Å². The van der Waals surface area contributed by atoms with Gasteiger partial charge in [-0.15, -0.1) is 0 Å². The third kappa shape index (κ3) is 3.78. The molecule has 0 aliphatic rings. The Labute approximate surface area is 167 Å². The Morgan fingerprint density at radius 1 is 1.03 bits per heavy atom. The summed E-state index contributed by atoms with van der Waals surface area (Å²) in [5.74, 6) is 0.00131. The van der Waals surface area contributed by atoms with Crippen LogP contribution in [-0.4, -0.2) is 15.9 Å². The van der Waals surface area contributed by atoms with E-state index in [9.17, 15) is 9.18 Å². The molecule has 2 aromatic heterocycles. The summed E-state index contributed by atoms with van der Waals surface area (Å²) in [4.78, 5) is 20.0. The number of nitrogens with two attached hydrogens (primary N) is 1. The summed E-state index contributed by atoms with van der Waals surface area (Å²) in [6.45, 7) is 1.96. The van der Waals surface area contributed by atoms with Crippen molar-refractivity contribution in [2.45, 2.75) is 13.3 Å². The van der Waals surface area contributed by atoms with Crippen molar-refractivity contribution in [3.05, 3.63) is 83.9 Å². The van der Waals surface area contributed by atoms with Crippen molar-refractivity contribution in [1.29, 1.82) is 0 Å². The first kappa shape index (κ1) is 18.6. The first-order valence-corrected chi connectivity index (χ1v) is 9.16. The quantitative estimate of drug-likeness (QED) is 0.529. The van der Waals surface area contributed by atoms with Crippen molar-refractivity contribution >= 4 is 16.8 Å². The maximum absolute atomic E-state index is 14.3. The summed E-state index contributed by atoms with van der Waals surface area (Å²) < 4.78 is 20.2. The molecule has 2 heterocycles. The van der Waals surface area contributed by atoms with Gasteiger partial charge in [0.05, 0.1) is 5.69 Å².